The molecule has 2 rings (SSSR count). The molecule has 0 aromatic carbocycles. The summed E-state index contributed by atoms with van der Waals surface area (Å²) in [6.07, 6.45) is 6.06. The molecule has 0 bridgehead atoms. The van der Waals surface area contributed by atoms with Gasteiger partial charge in [0.05, 0.1) is 6.20 Å². The summed E-state index contributed by atoms with van der Waals surface area (Å²) in [6, 6.07) is 0. The third-order valence-corrected chi connectivity index (χ3v) is 4.41. The molecule has 16 heavy (non-hydrogen) atoms. The Labute approximate surface area is 95.7 Å². The number of nitrogens with one attached hydrogen (secondary N) is 2. The zero-order valence-electron chi connectivity index (χ0n) is 9.36. The van der Waals surface area contributed by atoms with Crippen molar-refractivity contribution in [1.82, 2.24) is 14.7 Å². The average Bonchev–Trinajstić information content (AvgIpc) is 2.57. The van der Waals surface area contributed by atoms with Crippen LogP contribution < -0.4 is 4.72 Å². The molecule has 0 saturated heterocycles. The molecule has 0 unspecified atom stereocenters. The predicted molar refractivity (Wildman–Crippen MR) is 60.5 cm³/mol. The van der Waals surface area contributed by atoms with Crippen LogP contribution in [0.3, 0.4) is 0 Å². The van der Waals surface area contributed by atoms with Gasteiger partial charge in [0.2, 0.25) is 0 Å². The van der Waals surface area contributed by atoms with Crippen molar-refractivity contribution in [2.24, 2.45) is 5.92 Å². The van der Waals surface area contributed by atoms with E-state index in [4.69, 9.17) is 0 Å². The van der Waals surface area contributed by atoms with E-state index in [0.717, 1.165) is 6.42 Å². The summed E-state index contributed by atoms with van der Waals surface area (Å²) in [7, 11) is -3.39. The molecule has 6 heteroatoms. The highest BCUT2D eigenvalue weighted by Crippen LogP contribution is 2.28. The van der Waals surface area contributed by atoms with Crippen molar-refractivity contribution < 1.29 is 8.42 Å². The zero-order valence-corrected chi connectivity index (χ0v) is 10.2. The van der Waals surface area contributed by atoms with Crippen LogP contribution in [0, 0.1) is 12.8 Å². The second kappa shape index (κ2) is 4.55. The fourth-order valence-corrected chi connectivity index (χ4v) is 2.81. The van der Waals surface area contributed by atoms with Crippen LogP contribution in [-0.2, 0) is 10.0 Å². The van der Waals surface area contributed by atoms with Crippen molar-refractivity contribution >= 4 is 10.0 Å². The number of hydrogen-bond donors (Lipinski definition) is 2. The van der Waals surface area contributed by atoms with E-state index in [1.807, 2.05) is 0 Å². The second-order valence-electron chi connectivity index (χ2n) is 4.32. The number of nitrogens with zero attached hydrogens (tertiary/aromatic N) is 1. The van der Waals surface area contributed by atoms with Crippen LogP contribution in [0.1, 0.15) is 31.5 Å². The predicted octanol–water partition coefficient (Wildman–Crippen LogP) is 1.19. The van der Waals surface area contributed by atoms with Crippen molar-refractivity contribution in [3.8, 4) is 0 Å². The van der Waals surface area contributed by atoms with Gasteiger partial charge in [-0.3, -0.25) is 0 Å². The van der Waals surface area contributed by atoms with Gasteiger partial charge in [-0.05, 0) is 19.3 Å². The molecule has 1 heterocycles. The summed E-state index contributed by atoms with van der Waals surface area (Å²) in [4.78, 5) is 6.60. The van der Waals surface area contributed by atoms with Crippen LogP contribution in [-0.4, -0.2) is 24.9 Å². The summed E-state index contributed by atoms with van der Waals surface area (Å²) in [6.45, 7) is 2.25. The Kier molecular flexibility index (Phi) is 3.30. The van der Waals surface area contributed by atoms with E-state index < -0.39 is 10.0 Å². The summed E-state index contributed by atoms with van der Waals surface area (Å²) >= 11 is 0. The molecule has 90 valence electrons. The minimum absolute atomic E-state index is 0.151. The molecule has 0 amide bonds. The molecule has 1 aromatic rings. The maximum absolute atomic E-state index is 11.8. The standard InChI is InChI=1S/C10H17N3O2S/c1-8-11-7-10(13-8)16(14,15)12-6-5-9-3-2-4-9/h7,9,12H,2-6H2,1H3,(H,11,13). The molecule has 1 aliphatic carbocycles. The van der Waals surface area contributed by atoms with E-state index in [0.29, 0.717) is 18.3 Å². The highest BCUT2D eigenvalue weighted by Gasteiger charge is 2.20. The lowest BCUT2D eigenvalue weighted by Crippen LogP contribution is -2.27. The van der Waals surface area contributed by atoms with Crippen LogP contribution in [0.25, 0.3) is 0 Å². The monoisotopic (exact) mass is 243 g/mol. The van der Waals surface area contributed by atoms with Gasteiger partial charge in [-0.1, -0.05) is 19.3 Å². The molecule has 1 aromatic heterocycles. The molecule has 2 N–H and O–H groups in total. The van der Waals surface area contributed by atoms with Crippen molar-refractivity contribution in [1.29, 1.82) is 0 Å². The van der Waals surface area contributed by atoms with Gasteiger partial charge in [0.15, 0.2) is 5.03 Å². The minimum atomic E-state index is -3.39. The van der Waals surface area contributed by atoms with Gasteiger partial charge in [0.25, 0.3) is 10.0 Å². The Morgan fingerprint density at radius 1 is 1.56 bits per heavy atom. The Morgan fingerprint density at radius 2 is 2.31 bits per heavy atom. The van der Waals surface area contributed by atoms with Crippen molar-refractivity contribution in [3.63, 3.8) is 0 Å². The van der Waals surface area contributed by atoms with E-state index in [-0.39, 0.29) is 5.03 Å². The number of imidazole rings is 1. The first-order valence-corrected chi connectivity index (χ1v) is 7.07. The van der Waals surface area contributed by atoms with E-state index in [9.17, 15) is 8.42 Å². The van der Waals surface area contributed by atoms with Crippen molar-refractivity contribution in [2.45, 2.75) is 37.6 Å². The quantitative estimate of drug-likeness (QED) is 0.815. The zero-order chi connectivity index (χ0) is 11.6. The number of aryl methyl sites for hydroxylation is 1. The van der Waals surface area contributed by atoms with Gasteiger partial charge < -0.3 is 4.98 Å². The molecule has 0 aliphatic heterocycles. The van der Waals surface area contributed by atoms with E-state index in [1.54, 1.807) is 6.92 Å². The molecular weight excluding hydrogens is 226 g/mol. The van der Waals surface area contributed by atoms with Gasteiger partial charge in [-0.25, -0.2) is 18.1 Å². The smallest absolute Gasteiger partial charge is 0.257 e. The highest BCUT2D eigenvalue weighted by molar-refractivity contribution is 7.89. The molecule has 0 spiro atoms. The maximum Gasteiger partial charge on any atom is 0.257 e. The van der Waals surface area contributed by atoms with Gasteiger partial charge in [0, 0.05) is 6.54 Å². The first kappa shape index (κ1) is 11.6. The lowest BCUT2D eigenvalue weighted by atomic mass is 9.83. The van der Waals surface area contributed by atoms with Gasteiger partial charge in [-0.15, -0.1) is 0 Å². The lowest BCUT2D eigenvalue weighted by Gasteiger charge is -2.24. The van der Waals surface area contributed by atoms with Gasteiger partial charge >= 0.3 is 0 Å². The summed E-state index contributed by atoms with van der Waals surface area (Å²) in [5.74, 6) is 1.32. The third-order valence-electron chi connectivity index (χ3n) is 3.04. The number of hydrogen-bond acceptors (Lipinski definition) is 3. The first-order valence-electron chi connectivity index (χ1n) is 5.59. The van der Waals surface area contributed by atoms with Crippen LogP contribution in [0.15, 0.2) is 11.2 Å². The number of sulfonamides is 1. The van der Waals surface area contributed by atoms with Crippen molar-refractivity contribution in [3.05, 3.63) is 12.0 Å². The fraction of sp³-hybridized carbons (Fsp3) is 0.700. The lowest BCUT2D eigenvalue weighted by molar-refractivity contribution is 0.297. The molecule has 0 atom stereocenters. The van der Waals surface area contributed by atoms with Crippen LogP contribution in [0.2, 0.25) is 0 Å². The second-order valence-corrected chi connectivity index (χ2v) is 6.05. The number of aromatic nitrogens is 2. The van der Waals surface area contributed by atoms with E-state index in [1.165, 1.54) is 25.5 Å². The number of H-pyrrole nitrogens is 1. The minimum Gasteiger partial charge on any atom is -0.332 e. The summed E-state index contributed by atoms with van der Waals surface area (Å²) < 4.78 is 26.1. The molecule has 1 fully saturated rings. The van der Waals surface area contributed by atoms with Crippen LogP contribution in [0.5, 0.6) is 0 Å². The summed E-state index contributed by atoms with van der Waals surface area (Å²) in [5, 5.41) is 0.151. The van der Waals surface area contributed by atoms with Crippen molar-refractivity contribution in [2.75, 3.05) is 6.54 Å². The van der Waals surface area contributed by atoms with Gasteiger partial charge in [0.1, 0.15) is 5.82 Å². The fourth-order valence-electron chi connectivity index (χ4n) is 1.79. The Bertz CT molecular complexity index is 448. The Hall–Kier alpha value is -0.880. The molecule has 0 radical (unpaired) electrons. The van der Waals surface area contributed by atoms with Crippen LogP contribution >= 0.6 is 0 Å². The number of rotatable bonds is 5. The number of aromatic amines is 1. The molecule has 1 aliphatic rings. The molecular formula is C10H17N3O2S. The molecule has 5 nitrogen and oxygen atoms in total. The van der Waals surface area contributed by atoms with Crippen LogP contribution in [0.4, 0.5) is 0 Å². The first-order chi connectivity index (χ1) is 7.58. The van der Waals surface area contributed by atoms with E-state index >= 15 is 0 Å². The normalized spacial score (nSPS) is 17.3. The summed E-state index contributed by atoms with van der Waals surface area (Å²) in [5.41, 5.74) is 0. The maximum atomic E-state index is 11.8. The average molecular weight is 243 g/mol. The Balaban J connectivity index is 1.87. The molecule has 1 saturated carbocycles. The highest BCUT2D eigenvalue weighted by atomic mass is 32.2. The Morgan fingerprint density at radius 3 is 2.81 bits per heavy atom. The third kappa shape index (κ3) is 2.62. The largest absolute Gasteiger partial charge is 0.332 e. The topological polar surface area (TPSA) is 74.8 Å². The van der Waals surface area contributed by atoms with Gasteiger partial charge in [-0.2, -0.15) is 0 Å². The van der Waals surface area contributed by atoms with E-state index in [2.05, 4.69) is 14.7 Å². The SMILES string of the molecule is Cc1ncc(S(=O)(=O)NCCC2CCC2)[nH]1.